The molecule has 1 fully saturated rings. The van der Waals surface area contributed by atoms with Gasteiger partial charge in [0.15, 0.2) is 5.78 Å². The lowest BCUT2D eigenvalue weighted by molar-refractivity contribution is 0.0910. The summed E-state index contributed by atoms with van der Waals surface area (Å²) in [6.07, 6.45) is 3.60. The number of carbonyl (C=O) groups excluding carboxylic acids is 2. The molecule has 2 aromatic heterocycles. The number of aryl methyl sites for hydroxylation is 1. The molecular weight excluding hydrogens is 502 g/mol. The van der Waals surface area contributed by atoms with Crippen LogP contribution in [0.2, 0.25) is 0 Å². The molecule has 1 aliphatic rings. The number of amides is 1. The summed E-state index contributed by atoms with van der Waals surface area (Å²) in [4.78, 5) is 38.7. The smallest absolute Gasteiger partial charge is 0.333 e. The van der Waals surface area contributed by atoms with Crippen LogP contribution in [-0.2, 0) is 13.1 Å². The van der Waals surface area contributed by atoms with Gasteiger partial charge in [0.1, 0.15) is 5.69 Å². The van der Waals surface area contributed by atoms with Gasteiger partial charge in [0.25, 0.3) is 5.91 Å². The van der Waals surface area contributed by atoms with Crippen LogP contribution in [0.25, 0.3) is 27.6 Å². The van der Waals surface area contributed by atoms with E-state index in [2.05, 4.69) is 10.4 Å². The first-order chi connectivity index (χ1) is 19.4. The van der Waals surface area contributed by atoms with E-state index in [0.717, 1.165) is 53.3 Å². The Labute approximate surface area is 232 Å². The number of nitrogens with zero attached hydrogens (tertiary/aromatic N) is 4. The van der Waals surface area contributed by atoms with E-state index in [1.807, 2.05) is 72.2 Å². The van der Waals surface area contributed by atoms with Gasteiger partial charge in [-0.1, -0.05) is 30.3 Å². The predicted molar refractivity (Wildman–Crippen MR) is 156 cm³/mol. The number of hydrogen-bond donors (Lipinski definition) is 1. The van der Waals surface area contributed by atoms with Crippen LogP contribution in [0.15, 0.2) is 77.6 Å². The van der Waals surface area contributed by atoms with Crippen molar-refractivity contribution in [1.82, 2.24) is 24.2 Å². The first-order valence-electron chi connectivity index (χ1n) is 14.0. The molecule has 3 aromatic carbocycles. The van der Waals surface area contributed by atoms with E-state index in [-0.39, 0.29) is 23.4 Å². The zero-order valence-electron chi connectivity index (χ0n) is 22.8. The van der Waals surface area contributed by atoms with Gasteiger partial charge in [-0.3, -0.25) is 23.4 Å². The van der Waals surface area contributed by atoms with Crippen molar-refractivity contribution in [2.24, 2.45) is 5.92 Å². The number of carbonyl (C=O) groups is 2. The fraction of sp³-hybridized carbons (Fsp3) is 0.312. The Balaban J connectivity index is 1.17. The van der Waals surface area contributed by atoms with Crippen molar-refractivity contribution in [2.75, 3.05) is 0 Å². The van der Waals surface area contributed by atoms with E-state index in [0.29, 0.717) is 30.3 Å². The van der Waals surface area contributed by atoms with E-state index in [4.69, 9.17) is 0 Å². The van der Waals surface area contributed by atoms with Crippen molar-refractivity contribution in [3.63, 3.8) is 0 Å². The van der Waals surface area contributed by atoms with E-state index in [9.17, 15) is 14.4 Å². The fourth-order valence-corrected chi connectivity index (χ4v) is 6.03. The first kappa shape index (κ1) is 25.8. The van der Waals surface area contributed by atoms with E-state index < -0.39 is 0 Å². The zero-order valence-corrected chi connectivity index (χ0v) is 22.8. The molecule has 0 unspecified atom stereocenters. The van der Waals surface area contributed by atoms with Crippen molar-refractivity contribution in [3.8, 4) is 5.69 Å². The first-order valence-corrected chi connectivity index (χ1v) is 14.0. The van der Waals surface area contributed by atoms with Crippen LogP contribution >= 0.6 is 0 Å². The summed E-state index contributed by atoms with van der Waals surface area (Å²) in [7, 11) is 0. The quantitative estimate of drug-likeness (QED) is 0.284. The minimum atomic E-state index is -0.0769. The zero-order chi connectivity index (χ0) is 27.8. The summed E-state index contributed by atoms with van der Waals surface area (Å²) in [6.45, 7) is 4.79. The molecule has 0 atom stereocenters. The maximum atomic E-state index is 13.7. The highest BCUT2D eigenvalue weighted by Crippen LogP contribution is 2.28. The summed E-state index contributed by atoms with van der Waals surface area (Å²) in [5, 5.41) is 8.71. The molecule has 40 heavy (non-hydrogen) atoms. The molecule has 8 nitrogen and oxygen atoms in total. The van der Waals surface area contributed by atoms with Crippen molar-refractivity contribution in [2.45, 2.75) is 58.7 Å². The SMILES string of the molecule is CCn1nc2ccccc2c1C(=O)N[C@H]1CC[C@H](Cn2c(=O)n(-c3ccc(C(C)=O)cc3)c3ccccc32)CC1. The molecule has 1 N–H and O–H groups in total. The van der Waals surface area contributed by atoms with Crippen molar-refractivity contribution in [3.05, 3.63) is 94.5 Å². The topological polar surface area (TPSA) is 90.9 Å². The number of imidazole rings is 1. The van der Waals surface area contributed by atoms with Crippen molar-refractivity contribution in [1.29, 1.82) is 0 Å². The molecule has 8 heteroatoms. The molecule has 0 radical (unpaired) electrons. The Bertz CT molecular complexity index is 1770. The second-order valence-electron chi connectivity index (χ2n) is 10.7. The van der Waals surface area contributed by atoms with Gasteiger partial charge in [-0.2, -0.15) is 5.10 Å². The third-order valence-corrected chi connectivity index (χ3v) is 8.15. The van der Waals surface area contributed by atoms with Crippen LogP contribution in [0.3, 0.4) is 0 Å². The van der Waals surface area contributed by atoms with E-state index >= 15 is 0 Å². The number of ketones is 1. The van der Waals surface area contributed by atoms with Crippen molar-refractivity contribution < 1.29 is 9.59 Å². The number of rotatable bonds is 7. The van der Waals surface area contributed by atoms with Crippen LogP contribution in [0.4, 0.5) is 0 Å². The van der Waals surface area contributed by atoms with Gasteiger partial charge in [0.2, 0.25) is 0 Å². The Morgan fingerprint density at radius 3 is 2.27 bits per heavy atom. The molecule has 204 valence electrons. The summed E-state index contributed by atoms with van der Waals surface area (Å²) >= 11 is 0. The van der Waals surface area contributed by atoms with Crippen molar-refractivity contribution >= 4 is 33.6 Å². The molecule has 6 rings (SSSR count). The van der Waals surface area contributed by atoms with Gasteiger partial charge in [-0.15, -0.1) is 0 Å². The second kappa shape index (κ2) is 10.6. The molecular formula is C32H33N5O3. The third-order valence-electron chi connectivity index (χ3n) is 8.15. The Kier molecular flexibility index (Phi) is 6.84. The lowest BCUT2D eigenvalue weighted by Gasteiger charge is -2.29. The molecule has 1 amide bonds. The third kappa shape index (κ3) is 4.63. The van der Waals surface area contributed by atoms with Crippen LogP contribution in [0.1, 0.15) is 60.4 Å². The number of fused-ring (bicyclic) bond motifs is 2. The number of para-hydroxylation sites is 2. The van der Waals surface area contributed by atoms with Gasteiger partial charge >= 0.3 is 5.69 Å². The molecule has 1 aliphatic carbocycles. The number of hydrogen-bond acceptors (Lipinski definition) is 4. The van der Waals surface area contributed by atoms with Crippen LogP contribution in [0, 0.1) is 5.92 Å². The molecule has 0 bridgehead atoms. The number of Topliss-reactive ketones (excluding diaryl/α,β-unsaturated/α-hetero) is 1. The minimum Gasteiger partial charge on any atom is -0.348 e. The highest BCUT2D eigenvalue weighted by atomic mass is 16.2. The summed E-state index contributed by atoms with van der Waals surface area (Å²) in [6, 6.07) is 22.9. The lowest BCUT2D eigenvalue weighted by atomic mass is 9.86. The van der Waals surface area contributed by atoms with Gasteiger partial charge in [-0.25, -0.2) is 4.79 Å². The van der Waals surface area contributed by atoms with Gasteiger partial charge in [-0.05, 0) is 87.9 Å². The van der Waals surface area contributed by atoms with E-state index in [1.54, 1.807) is 21.4 Å². The normalized spacial score (nSPS) is 17.4. The number of nitrogens with one attached hydrogen (secondary N) is 1. The number of aromatic nitrogens is 4. The highest BCUT2D eigenvalue weighted by molar-refractivity contribution is 6.05. The Morgan fingerprint density at radius 1 is 0.900 bits per heavy atom. The lowest BCUT2D eigenvalue weighted by Crippen LogP contribution is -2.39. The Morgan fingerprint density at radius 2 is 1.57 bits per heavy atom. The molecule has 1 saturated carbocycles. The summed E-state index contributed by atoms with van der Waals surface area (Å²) in [5.74, 6) is 0.263. The average Bonchev–Trinajstić information content (AvgIpc) is 3.49. The van der Waals surface area contributed by atoms with Gasteiger partial charge in [0, 0.05) is 30.1 Å². The average molecular weight is 536 g/mol. The molecule has 0 aliphatic heterocycles. The van der Waals surface area contributed by atoms with E-state index in [1.165, 1.54) is 6.92 Å². The van der Waals surface area contributed by atoms with Crippen LogP contribution in [-0.4, -0.2) is 36.6 Å². The minimum absolute atomic E-state index is 0.00235. The Hall–Kier alpha value is -4.46. The largest absolute Gasteiger partial charge is 0.348 e. The fourth-order valence-electron chi connectivity index (χ4n) is 6.03. The maximum absolute atomic E-state index is 13.7. The van der Waals surface area contributed by atoms with Gasteiger partial charge in [0.05, 0.1) is 22.2 Å². The van der Waals surface area contributed by atoms with Gasteiger partial charge < -0.3 is 5.32 Å². The maximum Gasteiger partial charge on any atom is 0.333 e. The molecule has 2 heterocycles. The summed E-state index contributed by atoms with van der Waals surface area (Å²) < 4.78 is 5.39. The second-order valence-corrected chi connectivity index (χ2v) is 10.7. The van der Waals surface area contributed by atoms with Crippen LogP contribution in [0.5, 0.6) is 0 Å². The molecule has 0 spiro atoms. The molecule has 5 aromatic rings. The molecule has 0 saturated heterocycles. The van der Waals surface area contributed by atoms with Crippen LogP contribution < -0.4 is 11.0 Å². The monoisotopic (exact) mass is 535 g/mol. The highest BCUT2D eigenvalue weighted by Gasteiger charge is 2.27. The standard InChI is InChI=1S/C32H33N5O3/c1-3-36-30(26-8-4-5-9-27(26)34-36)31(39)33-24-16-12-22(13-17-24)20-35-28-10-6-7-11-29(28)37(32(35)40)25-18-14-23(15-19-25)21(2)38/h4-11,14-15,18-19,22,24H,3,12-13,16-17,20H2,1-2H3,(H,33,39)/t22-,24-. The predicted octanol–water partition coefficient (Wildman–Crippen LogP) is 5.35. The number of benzene rings is 3. The summed E-state index contributed by atoms with van der Waals surface area (Å²) in [5.41, 5.74) is 4.49.